The van der Waals surface area contributed by atoms with Crippen molar-refractivity contribution in [2.75, 3.05) is 13.2 Å². The molecule has 0 bridgehead atoms. The van der Waals surface area contributed by atoms with E-state index in [9.17, 15) is 0 Å². The summed E-state index contributed by atoms with van der Waals surface area (Å²) in [6, 6.07) is 0. The minimum atomic E-state index is -1.08. The van der Waals surface area contributed by atoms with Crippen molar-refractivity contribution in [3.63, 3.8) is 0 Å². The van der Waals surface area contributed by atoms with E-state index in [1.807, 2.05) is 0 Å². The molecule has 0 aromatic carbocycles. The molecule has 13 heavy (non-hydrogen) atoms. The number of rotatable bonds is 1. The zero-order chi connectivity index (χ0) is 10.6. The van der Waals surface area contributed by atoms with Gasteiger partial charge in [0.1, 0.15) is 0 Å². The van der Waals surface area contributed by atoms with E-state index in [-0.39, 0.29) is 26.1 Å². The van der Waals surface area contributed by atoms with Crippen molar-refractivity contribution in [2.24, 2.45) is 5.73 Å². The number of nitrogens with two attached hydrogens (primary N) is 1. The summed E-state index contributed by atoms with van der Waals surface area (Å²) in [6.45, 7) is 2.42. The molecule has 0 saturated carbocycles. The van der Waals surface area contributed by atoms with Gasteiger partial charge in [-0.15, -0.1) is 0 Å². The molecule has 74 valence electrons. The third-order valence-electron chi connectivity index (χ3n) is 0.129. The molecule has 0 atom stereocenters. The molecule has 0 aliphatic carbocycles. The molecule has 0 aliphatic rings. The molecule has 0 unspecified atom stereocenters. The van der Waals surface area contributed by atoms with Gasteiger partial charge >= 0.3 is 19.5 Å². The number of hydrogen-bond donors (Lipinski definition) is 2. The second-order valence-corrected chi connectivity index (χ2v) is 1.50. The van der Waals surface area contributed by atoms with Crippen LogP contribution < -0.4 is 15.9 Å². The molecule has 0 aromatic rings. The van der Waals surface area contributed by atoms with Crippen LogP contribution >= 0.6 is 0 Å². The van der Waals surface area contributed by atoms with Gasteiger partial charge in [-0.1, -0.05) is 0 Å². The van der Waals surface area contributed by atoms with Crippen LogP contribution in [0.4, 0.5) is 0 Å². The van der Waals surface area contributed by atoms with Crippen molar-refractivity contribution in [1.82, 2.24) is 0 Å². The van der Waals surface area contributed by atoms with Crippen LogP contribution in [-0.4, -0.2) is 30.2 Å². The number of hydrogen-bond acceptors (Lipinski definition) is 6. The summed E-state index contributed by atoms with van der Waals surface area (Å²) in [5.74, 6) is -2.17. The van der Waals surface area contributed by atoms with Crippen LogP contribution in [0.15, 0.2) is 0 Å². The Kier molecular flexibility index (Phi) is 39.7. The summed E-state index contributed by atoms with van der Waals surface area (Å²) in [4.78, 5) is 17.8. The standard InChI is InChI=1S/C2H7NO.2C2H4O2.Zn/c3-1-2-4;2*1-2(3)4;/h4H,1-3H2;2*1H3,(H,3,4);/q;;;+2/p-2. The maximum atomic E-state index is 8.89. The van der Waals surface area contributed by atoms with E-state index in [2.05, 4.69) is 0 Å². The molecule has 0 saturated heterocycles. The van der Waals surface area contributed by atoms with Crippen molar-refractivity contribution in [2.45, 2.75) is 13.8 Å². The predicted molar refractivity (Wildman–Crippen MR) is 37.5 cm³/mol. The molecule has 0 fully saturated rings. The SMILES string of the molecule is CC(=O)[O-].CC(=O)[O-].NCCO.[Zn+2]. The van der Waals surface area contributed by atoms with Crippen molar-refractivity contribution in [1.29, 1.82) is 0 Å². The second-order valence-electron chi connectivity index (χ2n) is 1.50. The molecule has 0 heterocycles. The van der Waals surface area contributed by atoms with E-state index in [1.165, 1.54) is 0 Å². The quantitative estimate of drug-likeness (QED) is 0.460. The van der Waals surface area contributed by atoms with Crippen LogP contribution in [0.25, 0.3) is 0 Å². The Morgan fingerprint density at radius 1 is 1.23 bits per heavy atom. The zero-order valence-electron chi connectivity index (χ0n) is 7.78. The van der Waals surface area contributed by atoms with Gasteiger partial charge in [0.15, 0.2) is 0 Å². The maximum Gasteiger partial charge on any atom is 2.00 e. The summed E-state index contributed by atoms with van der Waals surface area (Å²) in [5, 5.41) is 25.5. The first-order valence-electron chi connectivity index (χ1n) is 3.04. The van der Waals surface area contributed by atoms with Crippen LogP contribution in [0, 0.1) is 0 Å². The molecule has 6 nitrogen and oxygen atoms in total. The van der Waals surface area contributed by atoms with Gasteiger partial charge in [0.25, 0.3) is 0 Å². The summed E-state index contributed by atoms with van der Waals surface area (Å²) < 4.78 is 0. The van der Waals surface area contributed by atoms with Gasteiger partial charge in [-0.25, -0.2) is 0 Å². The second kappa shape index (κ2) is 22.5. The minimum absolute atomic E-state index is 0. The topological polar surface area (TPSA) is 127 Å². The Morgan fingerprint density at radius 3 is 1.31 bits per heavy atom. The number of carbonyl (C=O) groups excluding carboxylic acids is 2. The maximum absolute atomic E-state index is 8.89. The van der Waals surface area contributed by atoms with E-state index >= 15 is 0 Å². The Hall–Kier alpha value is -0.517. The molecule has 0 aromatic heterocycles. The third kappa shape index (κ3) is 4420. The van der Waals surface area contributed by atoms with Crippen molar-refractivity contribution >= 4 is 11.9 Å². The largest absolute Gasteiger partial charge is 2.00 e. The molecule has 0 radical (unpaired) electrons. The first-order valence-corrected chi connectivity index (χ1v) is 3.04. The molecule has 0 rings (SSSR count). The average Bonchev–Trinajstić information content (AvgIpc) is 1.85. The third-order valence-corrected chi connectivity index (χ3v) is 0.129. The number of carboxylic acid groups (broad SMARTS) is 2. The van der Waals surface area contributed by atoms with E-state index in [0.717, 1.165) is 13.8 Å². The summed E-state index contributed by atoms with van der Waals surface area (Å²) >= 11 is 0. The fourth-order valence-corrected chi connectivity index (χ4v) is 0. The average molecular weight is 245 g/mol. The molecule has 7 heteroatoms. The molecule has 0 spiro atoms. The zero-order valence-corrected chi connectivity index (χ0v) is 10.7. The molecule has 3 N–H and O–H groups in total. The Bertz CT molecular complexity index is 97.6. The van der Waals surface area contributed by atoms with Gasteiger partial charge in [-0.2, -0.15) is 0 Å². The molecular formula is C6H13NO5Zn. The number of aliphatic hydroxyl groups is 1. The van der Waals surface area contributed by atoms with Crippen LogP contribution in [0.5, 0.6) is 0 Å². The van der Waals surface area contributed by atoms with E-state index in [4.69, 9.17) is 30.6 Å². The first-order chi connectivity index (χ1) is 5.38. The van der Waals surface area contributed by atoms with Gasteiger partial charge in [0.2, 0.25) is 0 Å². The van der Waals surface area contributed by atoms with Crippen LogP contribution in [-0.2, 0) is 29.1 Å². The van der Waals surface area contributed by atoms with Crippen LogP contribution in [0.2, 0.25) is 0 Å². The Labute approximate surface area is 89.5 Å². The molecule has 0 aliphatic heterocycles. The Morgan fingerprint density at radius 2 is 1.31 bits per heavy atom. The number of carboxylic acids is 2. The predicted octanol–water partition coefficient (Wildman–Crippen LogP) is -3.55. The van der Waals surface area contributed by atoms with Gasteiger partial charge in [-0.05, 0) is 13.8 Å². The van der Waals surface area contributed by atoms with Crippen molar-refractivity contribution < 1.29 is 44.4 Å². The number of aliphatic hydroxyl groups excluding tert-OH is 1. The number of carbonyl (C=O) groups is 2. The monoisotopic (exact) mass is 243 g/mol. The fraction of sp³-hybridized carbons (Fsp3) is 0.667. The van der Waals surface area contributed by atoms with Crippen molar-refractivity contribution in [3.8, 4) is 0 Å². The molecule has 0 amide bonds. The van der Waals surface area contributed by atoms with Crippen LogP contribution in [0.1, 0.15) is 13.8 Å². The van der Waals surface area contributed by atoms with Gasteiger partial charge in [-0.3, -0.25) is 0 Å². The fourth-order valence-electron chi connectivity index (χ4n) is 0. The normalized spacial score (nSPS) is 6.15. The van der Waals surface area contributed by atoms with E-state index in [0.29, 0.717) is 6.54 Å². The Balaban J connectivity index is -0.0000000450. The van der Waals surface area contributed by atoms with Crippen molar-refractivity contribution in [3.05, 3.63) is 0 Å². The summed E-state index contributed by atoms with van der Waals surface area (Å²) in [7, 11) is 0. The van der Waals surface area contributed by atoms with Gasteiger partial charge < -0.3 is 30.6 Å². The minimum Gasteiger partial charge on any atom is -0.550 e. The first kappa shape index (κ1) is 22.9. The van der Waals surface area contributed by atoms with Gasteiger partial charge in [0.05, 0.1) is 6.61 Å². The smallest absolute Gasteiger partial charge is 0.550 e. The van der Waals surface area contributed by atoms with Crippen LogP contribution in [0.3, 0.4) is 0 Å². The van der Waals surface area contributed by atoms with Gasteiger partial charge in [0, 0.05) is 18.5 Å². The summed E-state index contributed by atoms with van der Waals surface area (Å²) in [5.41, 5.74) is 4.78. The molecular weight excluding hydrogens is 231 g/mol. The van der Waals surface area contributed by atoms with E-state index < -0.39 is 11.9 Å². The summed E-state index contributed by atoms with van der Waals surface area (Å²) in [6.07, 6.45) is 0. The van der Waals surface area contributed by atoms with E-state index in [1.54, 1.807) is 0 Å². The number of aliphatic carboxylic acids is 2.